The third kappa shape index (κ3) is 8.30. The summed E-state index contributed by atoms with van der Waals surface area (Å²) in [4.78, 5) is 34.2. The average Bonchev–Trinajstić information content (AvgIpc) is 2.91. The van der Waals surface area contributed by atoms with Gasteiger partial charge in [-0.3, -0.25) is 4.84 Å². The third-order valence-electron chi connectivity index (χ3n) is 5.17. The summed E-state index contributed by atoms with van der Waals surface area (Å²) in [6, 6.07) is 25.0. The second kappa shape index (κ2) is 13.6. The minimum absolute atomic E-state index is 0.0466. The second-order valence-corrected chi connectivity index (χ2v) is 10.3. The lowest BCUT2D eigenvalue weighted by Gasteiger charge is -2.25. The maximum absolute atomic E-state index is 13.4. The SMILES string of the molecule is CC(C)ON(CCCN(OC(N)=O)C(=O)OCc1ccccc1)S(=O)(=O)c1ccc(-c2ccccc2)cc1. The molecule has 0 spiro atoms. The van der Waals surface area contributed by atoms with E-state index in [9.17, 15) is 18.0 Å². The highest BCUT2D eigenvalue weighted by atomic mass is 32.2. The van der Waals surface area contributed by atoms with Crippen LogP contribution in [0, 0.1) is 0 Å². The highest BCUT2D eigenvalue weighted by Crippen LogP contribution is 2.23. The predicted octanol–water partition coefficient (Wildman–Crippen LogP) is 4.72. The van der Waals surface area contributed by atoms with Gasteiger partial charge in [0.1, 0.15) is 6.61 Å². The molecule has 202 valence electrons. The van der Waals surface area contributed by atoms with Crippen LogP contribution in [0.1, 0.15) is 25.8 Å². The van der Waals surface area contributed by atoms with E-state index >= 15 is 0 Å². The summed E-state index contributed by atoms with van der Waals surface area (Å²) in [5.41, 5.74) is 7.66. The summed E-state index contributed by atoms with van der Waals surface area (Å²) >= 11 is 0. The molecule has 0 atom stereocenters. The van der Waals surface area contributed by atoms with Crippen LogP contribution in [0.3, 0.4) is 0 Å². The molecule has 0 unspecified atom stereocenters. The van der Waals surface area contributed by atoms with Crippen molar-refractivity contribution in [3.8, 4) is 11.1 Å². The van der Waals surface area contributed by atoms with Crippen molar-refractivity contribution in [3.63, 3.8) is 0 Å². The van der Waals surface area contributed by atoms with Crippen LogP contribution in [0.5, 0.6) is 0 Å². The summed E-state index contributed by atoms with van der Waals surface area (Å²) < 4.78 is 32.8. The fourth-order valence-electron chi connectivity index (χ4n) is 3.45. The number of nitrogens with zero attached hydrogens (tertiary/aromatic N) is 2. The number of sulfonamides is 1. The number of nitrogens with two attached hydrogens (primary N) is 1. The van der Waals surface area contributed by atoms with Crippen LogP contribution in [-0.2, 0) is 31.0 Å². The maximum atomic E-state index is 13.4. The number of hydrogen-bond acceptors (Lipinski definition) is 7. The minimum Gasteiger partial charge on any atom is -0.442 e. The summed E-state index contributed by atoms with van der Waals surface area (Å²) in [6.07, 6.45) is -2.53. The number of ether oxygens (including phenoxy) is 1. The van der Waals surface area contributed by atoms with Crippen LogP contribution in [0.4, 0.5) is 9.59 Å². The van der Waals surface area contributed by atoms with Crippen LogP contribution < -0.4 is 5.73 Å². The van der Waals surface area contributed by atoms with Gasteiger partial charge < -0.3 is 15.3 Å². The number of primary amides is 1. The van der Waals surface area contributed by atoms with E-state index in [1.54, 1.807) is 50.2 Å². The van der Waals surface area contributed by atoms with Crippen molar-refractivity contribution in [3.05, 3.63) is 90.5 Å². The van der Waals surface area contributed by atoms with E-state index in [1.165, 1.54) is 12.1 Å². The lowest BCUT2D eigenvalue weighted by molar-refractivity contribution is -0.125. The number of amides is 2. The van der Waals surface area contributed by atoms with E-state index in [0.717, 1.165) is 21.2 Å². The van der Waals surface area contributed by atoms with Crippen molar-refractivity contribution in [2.45, 2.75) is 37.9 Å². The first-order valence-electron chi connectivity index (χ1n) is 12.0. The average molecular weight is 542 g/mol. The van der Waals surface area contributed by atoms with Gasteiger partial charge in [-0.05, 0) is 49.1 Å². The van der Waals surface area contributed by atoms with E-state index < -0.39 is 28.3 Å². The lowest BCUT2D eigenvalue weighted by Crippen LogP contribution is -2.39. The molecule has 11 heteroatoms. The first-order chi connectivity index (χ1) is 18.2. The Bertz CT molecular complexity index is 1290. The van der Waals surface area contributed by atoms with Crippen molar-refractivity contribution >= 4 is 22.2 Å². The van der Waals surface area contributed by atoms with Crippen molar-refractivity contribution in [1.29, 1.82) is 0 Å². The van der Waals surface area contributed by atoms with Gasteiger partial charge in [0.15, 0.2) is 0 Å². The second-order valence-electron chi connectivity index (χ2n) is 8.48. The molecule has 3 aromatic rings. The molecule has 3 rings (SSSR count). The van der Waals surface area contributed by atoms with Gasteiger partial charge in [0, 0.05) is 6.54 Å². The zero-order chi connectivity index (χ0) is 27.5. The Morgan fingerprint density at radius 1 is 0.842 bits per heavy atom. The van der Waals surface area contributed by atoms with Gasteiger partial charge in [0.05, 0.1) is 17.5 Å². The normalized spacial score (nSPS) is 11.4. The molecule has 0 heterocycles. The van der Waals surface area contributed by atoms with E-state index in [1.807, 2.05) is 36.4 Å². The van der Waals surface area contributed by atoms with Gasteiger partial charge >= 0.3 is 12.2 Å². The van der Waals surface area contributed by atoms with Crippen LogP contribution in [0.2, 0.25) is 0 Å². The zero-order valence-corrected chi connectivity index (χ0v) is 22.0. The molecule has 38 heavy (non-hydrogen) atoms. The van der Waals surface area contributed by atoms with Gasteiger partial charge in [-0.1, -0.05) is 77.3 Å². The van der Waals surface area contributed by atoms with Gasteiger partial charge in [-0.2, -0.15) is 0 Å². The van der Waals surface area contributed by atoms with Gasteiger partial charge in [-0.25, -0.2) is 18.0 Å². The van der Waals surface area contributed by atoms with Gasteiger partial charge in [0.2, 0.25) is 0 Å². The topological polar surface area (TPSA) is 128 Å². The van der Waals surface area contributed by atoms with Crippen molar-refractivity contribution in [1.82, 2.24) is 9.53 Å². The number of rotatable bonds is 11. The molecular formula is C27H31N3O7S. The summed E-state index contributed by atoms with van der Waals surface area (Å²) in [5, 5.41) is 0.653. The molecule has 10 nitrogen and oxygen atoms in total. The minimum atomic E-state index is -4.04. The molecule has 0 radical (unpaired) electrons. The number of hydrogen-bond donors (Lipinski definition) is 1. The molecule has 0 fully saturated rings. The maximum Gasteiger partial charge on any atom is 0.443 e. The fraction of sp³-hybridized carbons (Fsp3) is 0.259. The van der Waals surface area contributed by atoms with E-state index in [0.29, 0.717) is 5.06 Å². The van der Waals surface area contributed by atoms with E-state index in [2.05, 4.69) is 0 Å². The van der Waals surface area contributed by atoms with Gasteiger partial charge in [0.25, 0.3) is 10.0 Å². The lowest BCUT2D eigenvalue weighted by atomic mass is 10.1. The molecule has 0 aromatic heterocycles. The first-order valence-corrected chi connectivity index (χ1v) is 13.4. The first kappa shape index (κ1) is 28.6. The molecule has 3 aromatic carbocycles. The molecule has 0 aliphatic heterocycles. The molecule has 0 bridgehead atoms. The largest absolute Gasteiger partial charge is 0.443 e. The zero-order valence-electron chi connectivity index (χ0n) is 21.2. The van der Waals surface area contributed by atoms with Crippen LogP contribution in [0.15, 0.2) is 89.8 Å². The molecule has 0 saturated heterocycles. The van der Waals surface area contributed by atoms with Crippen molar-refractivity contribution in [2.75, 3.05) is 13.1 Å². The molecule has 0 aliphatic carbocycles. The number of benzene rings is 3. The Morgan fingerprint density at radius 3 is 2.00 bits per heavy atom. The number of carbonyl (C=O) groups is 2. The standard InChI is InChI=1S/C27H31N3O7S/c1-21(2)36-30(38(33,34)25-16-14-24(15-17-25)23-12-7-4-8-13-23)19-9-18-29(37-26(28)31)27(32)35-20-22-10-5-3-6-11-22/h3-8,10-17,21H,9,18-20H2,1-2H3,(H2,28,31). The highest BCUT2D eigenvalue weighted by Gasteiger charge is 2.28. The molecule has 2 N–H and O–H groups in total. The molecule has 2 amide bonds. The number of hydroxylamine groups is 3. The Kier molecular flexibility index (Phi) is 10.2. The number of carbonyl (C=O) groups excluding carboxylic acids is 2. The Hall–Kier alpha value is -3.93. The van der Waals surface area contributed by atoms with Crippen LogP contribution in [0.25, 0.3) is 11.1 Å². The smallest absolute Gasteiger partial charge is 0.442 e. The highest BCUT2D eigenvalue weighted by molar-refractivity contribution is 7.89. The van der Waals surface area contributed by atoms with Crippen LogP contribution in [-0.4, -0.2) is 49.3 Å². The van der Waals surface area contributed by atoms with E-state index in [4.69, 9.17) is 20.1 Å². The Balaban J connectivity index is 1.67. The summed E-state index contributed by atoms with van der Waals surface area (Å²) in [7, 11) is -4.04. The summed E-state index contributed by atoms with van der Waals surface area (Å²) in [5.74, 6) is 0. The van der Waals surface area contributed by atoms with Gasteiger partial charge in [-0.15, -0.1) is 5.06 Å². The third-order valence-corrected chi connectivity index (χ3v) is 6.84. The monoisotopic (exact) mass is 541 g/mol. The Labute approximate surface area is 222 Å². The molecular weight excluding hydrogens is 510 g/mol. The quantitative estimate of drug-likeness (QED) is 0.348. The Morgan fingerprint density at radius 2 is 1.42 bits per heavy atom. The molecule has 0 saturated carbocycles. The van der Waals surface area contributed by atoms with E-state index in [-0.39, 0.29) is 31.0 Å². The molecule has 0 aliphatic rings. The fourth-order valence-corrected chi connectivity index (χ4v) is 4.82. The van der Waals surface area contributed by atoms with Crippen LogP contribution >= 0.6 is 0 Å². The van der Waals surface area contributed by atoms with Crippen molar-refractivity contribution < 1.29 is 32.4 Å². The van der Waals surface area contributed by atoms with Crippen molar-refractivity contribution in [2.24, 2.45) is 5.73 Å². The summed E-state index contributed by atoms with van der Waals surface area (Å²) in [6.45, 7) is 3.03. The predicted molar refractivity (Wildman–Crippen MR) is 141 cm³/mol.